The number of rotatable bonds is 1. The molecule has 6 heteroatoms. The third kappa shape index (κ3) is 1.34. The topological polar surface area (TPSA) is 59.5 Å². The van der Waals surface area contributed by atoms with Crippen LogP contribution in [0.3, 0.4) is 0 Å². The highest BCUT2D eigenvalue weighted by atomic mass is 35.5. The largest absolute Gasteiger partial charge is 0.477 e. The first-order chi connectivity index (χ1) is 8.49. The van der Waals surface area contributed by atoms with E-state index in [4.69, 9.17) is 16.7 Å². The molecular formula is C12H10ClN3O2. The second-order valence-electron chi connectivity index (χ2n) is 4.25. The summed E-state index contributed by atoms with van der Waals surface area (Å²) in [5.41, 5.74) is 2.81. The highest BCUT2D eigenvalue weighted by molar-refractivity contribution is 6.31. The van der Waals surface area contributed by atoms with Gasteiger partial charge in [-0.05, 0) is 24.6 Å². The van der Waals surface area contributed by atoms with Gasteiger partial charge in [-0.25, -0.2) is 9.78 Å². The number of carboxylic acids is 1. The average molecular weight is 264 g/mol. The van der Waals surface area contributed by atoms with Crippen LogP contribution >= 0.6 is 11.6 Å². The number of halogens is 1. The smallest absolute Gasteiger partial charge is 0.354 e. The molecule has 5 nitrogen and oxygen atoms in total. The Hall–Kier alpha value is -2.01. The van der Waals surface area contributed by atoms with E-state index >= 15 is 0 Å². The van der Waals surface area contributed by atoms with E-state index in [2.05, 4.69) is 4.98 Å². The van der Waals surface area contributed by atoms with Crippen molar-refractivity contribution in [2.75, 3.05) is 0 Å². The fourth-order valence-corrected chi connectivity index (χ4v) is 2.45. The monoisotopic (exact) mass is 263 g/mol. The Bertz CT molecular complexity index is 801. The number of fused-ring (bicyclic) bond motifs is 3. The van der Waals surface area contributed by atoms with Crippen molar-refractivity contribution >= 4 is 34.4 Å². The van der Waals surface area contributed by atoms with Crippen molar-refractivity contribution < 1.29 is 9.90 Å². The molecule has 0 amide bonds. The Morgan fingerprint density at radius 1 is 1.44 bits per heavy atom. The summed E-state index contributed by atoms with van der Waals surface area (Å²) in [6.07, 6.45) is 1.56. The number of carbonyl (C=O) groups is 1. The molecule has 92 valence electrons. The summed E-state index contributed by atoms with van der Waals surface area (Å²) < 4.78 is 3.30. The van der Waals surface area contributed by atoms with Crippen molar-refractivity contribution in [3.8, 4) is 0 Å². The van der Waals surface area contributed by atoms with E-state index in [0.717, 1.165) is 16.6 Å². The van der Waals surface area contributed by atoms with E-state index in [0.29, 0.717) is 10.8 Å². The molecule has 2 aromatic heterocycles. The van der Waals surface area contributed by atoms with Crippen molar-refractivity contribution in [1.82, 2.24) is 14.0 Å². The van der Waals surface area contributed by atoms with Crippen molar-refractivity contribution in [2.24, 2.45) is 7.05 Å². The second kappa shape index (κ2) is 3.49. The third-order valence-corrected chi connectivity index (χ3v) is 3.28. The first kappa shape index (κ1) is 11.1. The Balaban J connectivity index is 2.50. The Kier molecular flexibility index (Phi) is 2.15. The zero-order valence-electron chi connectivity index (χ0n) is 9.81. The highest BCUT2D eigenvalue weighted by Crippen LogP contribution is 2.25. The first-order valence-electron chi connectivity index (χ1n) is 5.36. The van der Waals surface area contributed by atoms with Crippen LogP contribution in [0.15, 0.2) is 18.3 Å². The lowest BCUT2D eigenvalue weighted by molar-refractivity contribution is 0.0687. The molecule has 0 atom stereocenters. The number of aromatic nitrogens is 3. The lowest BCUT2D eigenvalue weighted by atomic mass is 10.2. The van der Waals surface area contributed by atoms with E-state index in [1.807, 2.05) is 13.0 Å². The molecule has 0 aliphatic rings. The molecule has 0 radical (unpaired) electrons. The molecule has 0 saturated carbocycles. The van der Waals surface area contributed by atoms with Crippen molar-refractivity contribution in [3.63, 3.8) is 0 Å². The number of benzene rings is 1. The minimum atomic E-state index is -0.977. The van der Waals surface area contributed by atoms with E-state index < -0.39 is 5.97 Å². The molecule has 1 aromatic carbocycles. The van der Waals surface area contributed by atoms with Gasteiger partial charge in [-0.3, -0.25) is 4.40 Å². The summed E-state index contributed by atoms with van der Waals surface area (Å²) in [5.74, 6) is -0.386. The Morgan fingerprint density at radius 3 is 2.83 bits per heavy atom. The van der Waals surface area contributed by atoms with Gasteiger partial charge in [0.2, 0.25) is 5.78 Å². The van der Waals surface area contributed by atoms with Crippen LogP contribution < -0.4 is 0 Å². The van der Waals surface area contributed by atoms with Crippen LogP contribution in [0.2, 0.25) is 5.02 Å². The van der Waals surface area contributed by atoms with Crippen LogP contribution in [0.1, 0.15) is 16.1 Å². The summed E-state index contributed by atoms with van der Waals surface area (Å²) in [6, 6.07) is 3.63. The van der Waals surface area contributed by atoms with Crippen molar-refractivity contribution in [2.45, 2.75) is 6.92 Å². The van der Waals surface area contributed by atoms with E-state index in [-0.39, 0.29) is 5.69 Å². The van der Waals surface area contributed by atoms with Crippen molar-refractivity contribution in [3.05, 3.63) is 34.6 Å². The number of hydrogen-bond donors (Lipinski definition) is 1. The van der Waals surface area contributed by atoms with E-state index in [1.54, 1.807) is 28.3 Å². The summed E-state index contributed by atoms with van der Waals surface area (Å²) >= 11 is 6.03. The van der Waals surface area contributed by atoms with E-state index in [1.165, 1.54) is 0 Å². The molecule has 0 aliphatic heterocycles. The second-order valence-corrected chi connectivity index (χ2v) is 4.69. The molecular weight excluding hydrogens is 254 g/mol. The van der Waals surface area contributed by atoms with Gasteiger partial charge in [0.15, 0.2) is 0 Å². The summed E-state index contributed by atoms with van der Waals surface area (Å²) in [7, 11) is 1.68. The standard InChI is InChI=1S/C12H10ClN3O2/c1-6-3-7(13)4-8-10(6)14-12-15(2)9(11(17)18)5-16(8)12/h3-5H,1-2H3,(H,17,18). The summed E-state index contributed by atoms with van der Waals surface area (Å²) in [5, 5.41) is 9.69. The summed E-state index contributed by atoms with van der Waals surface area (Å²) in [6.45, 7) is 1.93. The van der Waals surface area contributed by atoms with Gasteiger partial charge in [-0.15, -0.1) is 0 Å². The quantitative estimate of drug-likeness (QED) is 0.734. The minimum absolute atomic E-state index is 0.192. The van der Waals surface area contributed by atoms with Crippen LogP contribution in [-0.4, -0.2) is 25.0 Å². The lowest BCUT2D eigenvalue weighted by Crippen LogP contribution is -2.04. The van der Waals surface area contributed by atoms with Gasteiger partial charge < -0.3 is 9.67 Å². The van der Waals surface area contributed by atoms with Crippen molar-refractivity contribution in [1.29, 1.82) is 0 Å². The molecule has 0 spiro atoms. The fourth-order valence-electron chi connectivity index (χ4n) is 2.19. The van der Waals surface area contributed by atoms with E-state index in [9.17, 15) is 4.79 Å². The van der Waals surface area contributed by atoms with Crippen LogP contribution in [0.4, 0.5) is 0 Å². The third-order valence-electron chi connectivity index (χ3n) is 3.06. The number of aryl methyl sites for hydroxylation is 2. The Labute approximate surface area is 107 Å². The van der Waals surface area contributed by atoms with Gasteiger partial charge in [0.1, 0.15) is 5.69 Å². The van der Waals surface area contributed by atoms with Gasteiger partial charge >= 0.3 is 5.97 Å². The van der Waals surface area contributed by atoms with Crippen LogP contribution in [0, 0.1) is 6.92 Å². The van der Waals surface area contributed by atoms with Gasteiger partial charge in [-0.2, -0.15) is 0 Å². The molecule has 1 N–H and O–H groups in total. The molecule has 0 fully saturated rings. The predicted octanol–water partition coefficient (Wildman–Crippen LogP) is 2.49. The average Bonchev–Trinajstić information content (AvgIpc) is 2.77. The number of imidazole rings is 2. The summed E-state index contributed by atoms with van der Waals surface area (Å²) in [4.78, 5) is 15.5. The molecule has 0 saturated heterocycles. The zero-order valence-corrected chi connectivity index (χ0v) is 10.6. The van der Waals surface area contributed by atoms with Crippen LogP contribution in [0.5, 0.6) is 0 Å². The number of carboxylic acid groups (broad SMARTS) is 1. The van der Waals surface area contributed by atoms with Crippen LogP contribution in [-0.2, 0) is 7.05 Å². The molecule has 0 unspecified atom stereocenters. The zero-order chi connectivity index (χ0) is 13.0. The molecule has 2 heterocycles. The van der Waals surface area contributed by atoms with Gasteiger partial charge in [0.05, 0.1) is 11.0 Å². The van der Waals surface area contributed by atoms with Crippen LogP contribution in [0.25, 0.3) is 16.8 Å². The first-order valence-corrected chi connectivity index (χ1v) is 5.74. The van der Waals surface area contributed by atoms with Gasteiger partial charge in [0.25, 0.3) is 0 Å². The SMILES string of the molecule is Cc1cc(Cl)cc2c1nc1n(C)c(C(=O)O)cn21. The molecule has 18 heavy (non-hydrogen) atoms. The van der Waals surface area contributed by atoms with Gasteiger partial charge in [0, 0.05) is 18.3 Å². The number of nitrogens with zero attached hydrogens (tertiary/aromatic N) is 3. The normalized spacial score (nSPS) is 11.5. The molecule has 3 aromatic rings. The maximum atomic E-state index is 11.1. The Morgan fingerprint density at radius 2 is 2.17 bits per heavy atom. The fraction of sp³-hybridized carbons (Fsp3) is 0.167. The maximum Gasteiger partial charge on any atom is 0.354 e. The highest BCUT2D eigenvalue weighted by Gasteiger charge is 2.17. The predicted molar refractivity (Wildman–Crippen MR) is 68.4 cm³/mol. The number of aromatic carboxylic acids is 1. The maximum absolute atomic E-state index is 11.1. The molecule has 3 rings (SSSR count). The molecule has 0 aliphatic carbocycles. The number of hydrogen-bond acceptors (Lipinski definition) is 2. The molecule has 0 bridgehead atoms. The van der Waals surface area contributed by atoms with Gasteiger partial charge in [-0.1, -0.05) is 11.6 Å². The lowest BCUT2D eigenvalue weighted by Gasteiger charge is -1.97. The minimum Gasteiger partial charge on any atom is -0.477 e.